The fourth-order valence-corrected chi connectivity index (χ4v) is 4.02. The molecule has 0 spiro atoms. The van der Waals surface area contributed by atoms with Crippen molar-refractivity contribution in [2.45, 2.75) is 38.5 Å². The maximum atomic E-state index is 12.5. The van der Waals surface area contributed by atoms with Crippen LogP contribution in [0.1, 0.15) is 38.5 Å². The minimum atomic E-state index is -0.0417. The first-order valence-electron chi connectivity index (χ1n) is 10.8. The van der Waals surface area contributed by atoms with Crippen LogP contribution in [0.5, 0.6) is 11.5 Å². The molecule has 1 atom stereocenters. The zero-order valence-electron chi connectivity index (χ0n) is 18.0. The maximum absolute atomic E-state index is 12.5. The molecule has 2 aliphatic rings. The molecule has 30 heavy (non-hydrogen) atoms. The second kappa shape index (κ2) is 11.2. The number of hydrogen-bond acceptors (Lipinski definition) is 6. The van der Waals surface area contributed by atoms with E-state index in [-0.39, 0.29) is 11.8 Å². The number of benzene rings is 1. The normalized spacial score (nSPS) is 19.5. The summed E-state index contributed by atoms with van der Waals surface area (Å²) in [5, 5.41) is 4.80. The van der Waals surface area contributed by atoms with Crippen molar-refractivity contribution in [1.82, 2.24) is 9.96 Å². The van der Waals surface area contributed by atoms with Crippen molar-refractivity contribution in [2.24, 2.45) is 5.92 Å². The van der Waals surface area contributed by atoms with Crippen LogP contribution in [0, 0.1) is 5.92 Å². The standard InChI is InChI=1S/C22H33N3O5/c1-28-19-13-18(14-20(15-19)29-2)23-21(26)7-6-17-5-3-9-24(16-17)22(27)8-11-25-10-4-12-30-25/h13-15,17H,3-12,16H2,1-2H3,(H,23,26)/t17-/m0/s1. The molecule has 0 unspecified atom stereocenters. The number of amides is 2. The average molecular weight is 420 g/mol. The lowest BCUT2D eigenvalue weighted by Crippen LogP contribution is -2.41. The van der Waals surface area contributed by atoms with Crippen molar-refractivity contribution >= 4 is 17.5 Å². The smallest absolute Gasteiger partial charge is 0.224 e. The first-order valence-corrected chi connectivity index (χ1v) is 10.8. The number of nitrogens with one attached hydrogen (secondary N) is 1. The minimum Gasteiger partial charge on any atom is -0.497 e. The van der Waals surface area contributed by atoms with E-state index in [4.69, 9.17) is 14.3 Å². The van der Waals surface area contributed by atoms with Crippen LogP contribution in [-0.2, 0) is 14.4 Å². The highest BCUT2D eigenvalue weighted by Crippen LogP contribution is 2.26. The summed E-state index contributed by atoms with van der Waals surface area (Å²) in [6, 6.07) is 5.30. The van der Waals surface area contributed by atoms with Gasteiger partial charge in [-0.3, -0.25) is 14.4 Å². The number of carbonyl (C=O) groups is 2. The topological polar surface area (TPSA) is 80.3 Å². The van der Waals surface area contributed by atoms with E-state index in [1.165, 1.54) is 0 Å². The number of carbonyl (C=O) groups excluding carboxylic acids is 2. The average Bonchev–Trinajstić information content (AvgIpc) is 3.29. The third-order valence-corrected chi connectivity index (χ3v) is 5.69. The molecule has 2 saturated heterocycles. The van der Waals surface area contributed by atoms with Crippen LogP contribution >= 0.6 is 0 Å². The number of hydroxylamine groups is 2. The zero-order valence-corrected chi connectivity index (χ0v) is 18.0. The lowest BCUT2D eigenvalue weighted by atomic mass is 9.93. The molecule has 0 aromatic heterocycles. The third-order valence-electron chi connectivity index (χ3n) is 5.69. The molecule has 2 heterocycles. The van der Waals surface area contributed by atoms with Crippen LogP contribution in [0.3, 0.4) is 0 Å². The summed E-state index contributed by atoms with van der Waals surface area (Å²) < 4.78 is 10.5. The van der Waals surface area contributed by atoms with Gasteiger partial charge in [-0.15, -0.1) is 0 Å². The first-order chi connectivity index (χ1) is 14.6. The van der Waals surface area contributed by atoms with Gasteiger partial charge in [0.15, 0.2) is 0 Å². The molecule has 8 heteroatoms. The molecule has 1 aromatic carbocycles. The molecule has 2 amide bonds. The zero-order chi connectivity index (χ0) is 21.3. The lowest BCUT2D eigenvalue weighted by molar-refractivity contribution is -0.140. The van der Waals surface area contributed by atoms with E-state index in [1.54, 1.807) is 32.4 Å². The number of methoxy groups -OCH3 is 2. The second-order valence-corrected chi connectivity index (χ2v) is 7.90. The second-order valence-electron chi connectivity index (χ2n) is 7.90. The van der Waals surface area contributed by atoms with Gasteiger partial charge in [0.1, 0.15) is 11.5 Å². The van der Waals surface area contributed by atoms with Crippen LogP contribution in [0.2, 0.25) is 0 Å². The van der Waals surface area contributed by atoms with Gasteiger partial charge in [0, 0.05) is 62.9 Å². The molecule has 2 fully saturated rings. The number of ether oxygens (including phenoxy) is 2. The van der Waals surface area contributed by atoms with Gasteiger partial charge in [0.05, 0.1) is 20.8 Å². The van der Waals surface area contributed by atoms with E-state index < -0.39 is 0 Å². The minimum absolute atomic E-state index is 0.0417. The molecule has 0 aliphatic carbocycles. The number of rotatable bonds is 9. The molecule has 0 bridgehead atoms. The Kier molecular flexibility index (Phi) is 8.33. The van der Waals surface area contributed by atoms with Crippen molar-refractivity contribution in [3.8, 4) is 11.5 Å². The van der Waals surface area contributed by atoms with Crippen molar-refractivity contribution in [1.29, 1.82) is 0 Å². The van der Waals surface area contributed by atoms with Crippen molar-refractivity contribution < 1.29 is 23.9 Å². The summed E-state index contributed by atoms with van der Waals surface area (Å²) in [5.74, 6) is 1.76. The maximum Gasteiger partial charge on any atom is 0.224 e. The summed E-state index contributed by atoms with van der Waals surface area (Å²) in [7, 11) is 3.16. The monoisotopic (exact) mass is 419 g/mol. The third kappa shape index (κ3) is 6.60. The summed E-state index contributed by atoms with van der Waals surface area (Å²) in [5.41, 5.74) is 0.654. The van der Waals surface area contributed by atoms with Gasteiger partial charge in [-0.2, -0.15) is 5.06 Å². The summed E-state index contributed by atoms with van der Waals surface area (Å²) in [6.07, 6.45) is 4.76. The Bertz CT molecular complexity index is 698. The summed E-state index contributed by atoms with van der Waals surface area (Å²) in [6.45, 7) is 3.87. The number of likely N-dealkylation sites (tertiary alicyclic amines) is 1. The largest absolute Gasteiger partial charge is 0.497 e. The Balaban J connectivity index is 1.42. The van der Waals surface area contributed by atoms with Crippen LogP contribution < -0.4 is 14.8 Å². The fourth-order valence-electron chi connectivity index (χ4n) is 4.02. The van der Waals surface area contributed by atoms with Crippen LogP contribution in [-0.4, -0.2) is 68.8 Å². The van der Waals surface area contributed by atoms with Gasteiger partial charge in [-0.25, -0.2) is 0 Å². The SMILES string of the molecule is COc1cc(NC(=O)CC[C@@H]2CCCN(C(=O)CCN3CCCO3)C2)cc(OC)c1. The molecular weight excluding hydrogens is 386 g/mol. The molecule has 0 radical (unpaired) electrons. The summed E-state index contributed by atoms with van der Waals surface area (Å²) >= 11 is 0. The van der Waals surface area contributed by atoms with E-state index in [0.717, 1.165) is 51.9 Å². The Morgan fingerprint density at radius 2 is 1.87 bits per heavy atom. The highest BCUT2D eigenvalue weighted by Gasteiger charge is 2.25. The first kappa shape index (κ1) is 22.4. The molecule has 3 rings (SSSR count). The molecule has 166 valence electrons. The Morgan fingerprint density at radius 1 is 1.10 bits per heavy atom. The van der Waals surface area contributed by atoms with Crippen LogP contribution in [0.4, 0.5) is 5.69 Å². The van der Waals surface area contributed by atoms with Gasteiger partial charge < -0.3 is 19.7 Å². The number of anilines is 1. The molecular formula is C22H33N3O5. The number of hydrogen-bond donors (Lipinski definition) is 1. The van der Waals surface area contributed by atoms with E-state index in [9.17, 15) is 9.59 Å². The van der Waals surface area contributed by atoms with Crippen molar-refractivity contribution in [2.75, 3.05) is 52.3 Å². The van der Waals surface area contributed by atoms with E-state index in [1.807, 2.05) is 9.96 Å². The molecule has 2 aliphatic heterocycles. The van der Waals surface area contributed by atoms with E-state index in [0.29, 0.717) is 42.5 Å². The Morgan fingerprint density at radius 3 is 2.53 bits per heavy atom. The molecule has 1 N–H and O–H groups in total. The highest BCUT2D eigenvalue weighted by atomic mass is 16.7. The predicted octanol–water partition coefficient (Wildman–Crippen LogP) is 2.69. The number of nitrogens with zero attached hydrogens (tertiary/aromatic N) is 2. The quantitative estimate of drug-likeness (QED) is 0.663. The van der Waals surface area contributed by atoms with E-state index in [2.05, 4.69) is 5.32 Å². The highest BCUT2D eigenvalue weighted by molar-refractivity contribution is 5.91. The van der Waals surface area contributed by atoms with Gasteiger partial charge >= 0.3 is 0 Å². The Hall–Kier alpha value is -2.32. The molecule has 0 saturated carbocycles. The van der Waals surface area contributed by atoms with Crippen molar-refractivity contribution in [3.63, 3.8) is 0 Å². The number of piperidine rings is 1. The fraction of sp³-hybridized carbons (Fsp3) is 0.636. The van der Waals surface area contributed by atoms with Gasteiger partial charge in [0.25, 0.3) is 0 Å². The van der Waals surface area contributed by atoms with Crippen LogP contribution in [0.15, 0.2) is 18.2 Å². The lowest BCUT2D eigenvalue weighted by Gasteiger charge is -2.33. The van der Waals surface area contributed by atoms with Gasteiger partial charge in [-0.05, 0) is 31.6 Å². The summed E-state index contributed by atoms with van der Waals surface area (Å²) in [4.78, 5) is 32.4. The van der Waals surface area contributed by atoms with Gasteiger partial charge in [-0.1, -0.05) is 0 Å². The predicted molar refractivity (Wildman–Crippen MR) is 113 cm³/mol. The molecule has 8 nitrogen and oxygen atoms in total. The van der Waals surface area contributed by atoms with E-state index >= 15 is 0 Å². The Labute approximate surface area is 178 Å². The van der Waals surface area contributed by atoms with Crippen LogP contribution in [0.25, 0.3) is 0 Å². The van der Waals surface area contributed by atoms with Crippen molar-refractivity contribution in [3.05, 3.63) is 18.2 Å². The van der Waals surface area contributed by atoms with Gasteiger partial charge in [0.2, 0.25) is 11.8 Å². The molecule has 1 aromatic rings.